The summed E-state index contributed by atoms with van der Waals surface area (Å²) in [6.45, 7) is 7.21. The van der Waals surface area contributed by atoms with Gasteiger partial charge in [0.05, 0.1) is 0 Å². The summed E-state index contributed by atoms with van der Waals surface area (Å²) < 4.78 is 13.9. The van der Waals surface area contributed by atoms with Gasteiger partial charge in [0.15, 0.2) is 0 Å². The molecule has 0 aromatic heterocycles. The Balaban J connectivity index is 2.60. The molecule has 0 spiro atoms. The highest BCUT2D eigenvalue weighted by molar-refractivity contribution is 9.10. The molecule has 0 bridgehead atoms. The maximum atomic E-state index is 13.1. The first kappa shape index (κ1) is 13.7. The minimum absolute atomic E-state index is 0.105. The second-order valence-electron chi connectivity index (χ2n) is 4.77. The molecule has 0 heterocycles. The average Bonchev–Trinajstić information content (AvgIpc) is 2.13. The number of rotatable bonds is 5. The second-order valence-corrected chi connectivity index (χ2v) is 5.68. The van der Waals surface area contributed by atoms with Crippen LogP contribution in [0.25, 0.3) is 0 Å². The van der Waals surface area contributed by atoms with Gasteiger partial charge in [-0.25, -0.2) is 4.39 Å². The Bertz CT molecular complexity index is 330. The fraction of sp³-hybridized carbons (Fsp3) is 0.538. The van der Waals surface area contributed by atoms with Crippen LogP contribution in [0.5, 0.6) is 0 Å². The summed E-state index contributed by atoms with van der Waals surface area (Å²) in [4.78, 5) is 0. The van der Waals surface area contributed by atoms with E-state index in [-0.39, 0.29) is 11.4 Å². The first-order chi connectivity index (χ1) is 7.43. The van der Waals surface area contributed by atoms with E-state index >= 15 is 0 Å². The van der Waals surface area contributed by atoms with Gasteiger partial charge >= 0.3 is 0 Å². The summed E-state index contributed by atoms with van der Waals surface area (Å²) in [5, 5.41) is 3.44. The third kappa shape index (κ3) is 4.62. The highest BCUT2D eigenvalue weighted by Gasteiger charge is 2.15. The monoisotopic (exact) mass is 287 g/mol. The zero-order valence-corrected chi connectivity index (χ0v) is 11.7. The zero-order chi connectivity index (χ0) is 12.2. The molecule has 1 rings (SSSR count). The lowest BCUT2D eigenvalue weighted by Crippen LogP contribution is -2.38. The number of benzene rings is 1. The van der Waals surface area contributed by atoms with Crippen molar-refractivity contribution in [2.45, 2.75) is 45.7 Å². The molecule has 0 aliphatic rings. The number of nitrogens with one attached hydrogen (secondary N) is 1. The zero-order valence-electron chi connectivity index (χ0n) is 10.1. The molecule has 16 heavy (non-hydrogen) atoms. The molecular formula is C13H19BrFN. The molecule has 0 fully saturated rings. The molecule has 0 unspecified atom stereocenters. The lowest BCUT2D eigenvalue weighted by atomic mass is 9.98. The van der Waals surface area contributed by atoms with Gasteiger partial charge in [0.1, 0.15) is 5.82 Å². The van der Waals surface area contributed by atoms with Crippen LogP contribution in [0.3, 0.4) is 0 Å². The van der Waals surface area contributed by atoms with Crippen molar-refractivity contribution in [1.29, 1.82) is 0 Å². The minimum atomic E-state index is -0.195. The molecule has 0 atom stereocenters. The Kier molecular flexibility index (Phi) is 4.93. The van der Waals surface area contributed by atoms with Crippen LogP contribution in [0.15, 0.2) is 22.7 Å². The summed E-state index contributed by atoms with van der Waals surface area (Å²) in [7, 11) is 0. The van der Waals surface area contributed by atoms with Crippen LogP contribution >= 0.6 is 15.9 Å². The Morgan fingerprint density at radius 1 is 1.31 bits per heavy atom. The van der Waals surface area contributed by atoms with Gasteiger partial charge in [-0.3, -0.25) is 0 Å². The molecule has 1 nitrogen and oxygen atoms in total. The minimum Gasteiger partial charge on any atom is -0.308 e. The highest BCUT2D eigenvalue weighted by Crippen LogP contribution is 2.17. The molecule has 1 aromatic carbocycles. The topological polar surface area (TPSA) is 12.0 Å². The summed E-state index contributed by atoms with van der Waals surface area (Å²) in [6.07, 6.45) is 2.26. The fourth-order valence-electron chi connectivity index (χ4n) is 1.77. The van der Waals surface area contributed by atoms with Gasteiger partial charge in [0.25, 0.3) is 0 Å². The predicted molar refractivity (Wildman–Crippen MR) is 69.9 cm³/mol. The van der Waals surface area contributed by atoms with Crippen LogP contribution in [0, 0.1) is 5.82 Å². The maximum Gasteiger partial charge on any atom is 0.124 e. The Hall–Kier alpha value is -0.410. The molecule has 1 N–H and O–H groups in total. The second kappa shape index (κ2) is 5.78. The first-order valence-electron chi connectivity index (χ1n) is 5.63. The van der Waals surface area contributed by atoms with Crippen molar-refractivity contribution < 1.29 is 4.39 Å². The van der Waals surface area contributed by atoms with Crippen molar-refractivity contribution in [3.05, 3.63) is 34.1 Å². The number of hydrogen-bond donors (Lipinski definition) is 1. The van der Waals surface area contributed by atoms with E-state index in [4.69, 9.17) is 0 Å². The molecule has 0 saturated carbocycles. The summed E-state index contributed by atoms with van der Waals surface area (Å²) in [5.41, 5.74) is 1.07. The van der Waals surface area contributed by atoms with Gasteiger partial charge in [0.2, 0.25) is 0 Å². The van der Waals surface area contributed by atoms with Crippen LogP contribution < -0.4 is 5.32 Å². The third-order valence-corrected chi connectivity index (χ3v) is 3.03. The molecule has 1 aromatic rings. The first-order valence-corrected chi connectivity index (χ1v) is 6.42. The van der Waals surface area contributed by atoms with Crippen LogP contribution in [0.2, 0.25) is 0 Å². The van der Waals surface area contributed by atoms with E-state index in [1.54, 1.807) is 6.07 Å². The van der Waals surface area contributed by atoms with E-state index in [2.05, 4.69) is 42.0 Å². The number of halogens is 2. The molecule has 0 aliphatic heterocycles. The highest BCUT2D eigenvalue weighted by atomic mass is 79.9. The smallest absolute Gasteiger partial charge is 0.124 e. The largest absolute Gasteiger partial charge is 0.308 e. The van der Waals surface area contributed by atoms with E-state index < -0.39 is 0 Å². The Morgan fingerprint density at radius 2 is 2.00 bits per heavy atom. The maximum absolute atomic E-state index is 13.1. The average molecular weight is 288 g/mol. The standard InChI is InChI=1S/C13H19BrFN/c1-4-5-13(2,3)16-9-10-6-11(14)8-12(15)7-10/h6-8,16H,4-5,9H2,1-3H3. The van der Waals surface area contributed by atoms with Gasteiger partial charge < -0.3 is 5.32 Å². The van der Waals surface area contributed by atoms with Crippen molar-refractivity contribution in [2.75, 3.05) is 0 Å². The molecule has 0 amide bonds. The van der Waals surface area contributed by atoms with Crippen LogP contribution in [0.4, 0.5) is 4.39 Å². The van der Waals surface area contributed by atoms with E-state index in [1.165, 1.54) is 6.07 Å². The summed E-state index contributed by atoms with van der Waals surface area (Å²) in [5.74, 6) is -0.195. The van der Waals surface area contributed by atoms with Gasteiger partial charge in [0, 0.05) is 16.6 Å². The van der Waals surface area contributed by atoms with Gasteiger partial charge in [-0.05, 0) is 44.0 Å². The molecule has 0 saturated heterocycles. The van der Waals surface area contributed by atoms with Crippen molar-refractivity contribution in [3.8, 4) is 0 Å². The summed E-state index contributed by atoms with van der Waals surface area (Å²) >= 11 is 3.30. The molecular weight excluding hydrogens is 269 g/mol. The third-order valence-electron chi connectivity index (χ3n) is 2.57. The van der Waals surface area contributed by atoms with Crippen molar-refractivity contribution >= 4 is 15.9 Å². The van der Waals surface area contributed by atoms with Gasteiger partial charge in [-0.1, -0.05) is 29.3 Å². The van der Waals surface area contributed by atoms with Crippen LogP contribution in [-0.4, -0.2) is 5.54 Å². The van der Waals surface area contributed by atoms with Gasteiger partial charge in [-0.15, -0.1) is 0 Å². The van der Waals surface area contributed by atoms with Crippen molar-refractivity contribution in [1.82, 2.24) is 5.32 Å². The molecule has 0 radical (unpaired) electrons. The predicted octanol–water partition coefficient (Wildman–Crippen LogP) is 4.26. The molecule has 90 valence electrons. The van der Waals surface area contributed by atoms with E-state index in [9.17, 15) is 4.39 Å². The Morgan fingerprint density at radius 3 is 2.56 bits per heavy atom. The Labute approximate surface area is 106 Å². The van der Waals surface area contributed by atoms with E-state index in [1.807, 2.05) is 6.07 Å². The summed E-state index contributed by atoms with van der Waals surface area (Å²) in [6, 6.07) is 4.98. The van der Waals surface area contributed by atoms with Crippen LogP contribution in [-0.2, 0) is 6.54 Å². The van der Waals surface area contributed by atoms with Crippen LogP contribution in [0.1, 0.15) is 39.2 Å². The molecule has 0 aliphatic carbocycles. The number of hydrogen-bond acceptors (Lipinski definition) is 1. The molecule has 3 heteroatoms. The fourth-order valence-corrected chi connectivity index (χ4v) is 2.28. The normalized spacial score (nSPS) is 11.8. The van der Waals surface area contributed by atoms with Crippen molar-refractivity contribution in [2.24, 2.45) is 0 Å². The van der Waals surface area contributed by atoms with E-state index in [0.717, 1.165) is 22.9 Å². The van der Waals surface area contributed by atoms with Crippen molar-refractivity contribution in [3.63, 3.8) is 0 Å². The SMILES string of the molecule is CCCC(C)(C)NCc1cc(F)cc(Br)c1. The quantitative estimate of drug-likeness (QED) is 0.853. The van der Waals surface area contributed by atoms with Gasteiger partial charge in [-0.2, -0.15) is 0 Å². The van der Waals surface area contributed by atoms with E-state index in [0.29, 0.717) is 6.54 Å². The lowest BCUT2D eigenvalue weighted by Gasteiger charge is -2.26. The lowest BCUT2D eigenvalue weighted by molar-refractivity contribution is 0.356.